The Kier molecular flexibility index (Phi) is 3.97. The average Bonchev–Trinajstić information content (AvgIpc) is 2.15. The Morgan fingerprint density at radius 3 is 2.31 bits per heavy atom. The van der Waals surface area contributed by atoms with Crippen LogP contribution in [0.4, 0.5) is 0 Å². The Morgan fingerprint density at radius 2 is 1.85 bits per heavy atom. The summed E-state index contributed by atoms with van der Waals surface area (Å²) in [5.41, 5.74) is 1.42. The molecular formula is C12H17Si. The van der Waals surface area contributed by atoms with Crippen molar-refractivity contribution in [2.24, 2.45) is 0 Å². The zero-order valence-corrected chi connectivity index (χ0v) is 9.51. The molecule has 1 aromatic rings. The van der Waals surface area contributed by atoms with Gasteiger partial charge in [0.25, 0.3) is 0 Å². The molecule has 0 N–H and O–H groups in total. The standard InChI is InChI=1S/C12H17Si/c1-4-5-6-11-7-9-12(10-8-11)13(2)3/h4,7-10H,1,5-6H2,2-3H3. The molecule has 0 nitrogen and oxygen atoms in total. The molecule has 0 unspecified atom stereocenters. The van der Waals surface area contributed by atoms with E-state index in [9.17, 15) is 0 Å². The first-order valence-corrected chi connectivity index (χ1v) is 7.24. The van der Waals surface area contributed by atoms with E-state index in [-0.39, 0.29) is 8.80 Å². The second-order valence-electron chi connectivity index (χ2n) is 3.52. The minimum Gasteiger partial charge on any atom is -0.103 e. The molecule has 0 fully saturated rings. The number of hydrogen-bond donors (Lipinski definition) is 0. The lowest BCUT2D eigenvalue weighted by atomic mass is 10.1. The molecule has 69 valence electrons. The summed E-state index contributed by atoms with van der Waals surface area (Å²) >= 11 is 0. The van der Waals surface area contributed by atoms with Gasteiger partial charge in [0.15, 0.2) is 0 Å². The van der Waals surface area contributed by atoms with E-state index < -0.39 is 0 Å². The van der Waals surface area contributed by atoms with Crippen LogP contribution in [0.25, 0.3) is 0 Å². The van der Waals surface area contributed by atoms with Crippen LogP contribution in [0.2, 0.25) is 13.1 Å². The van der Waals surface area contributed by atoms with Crippen molar-refractivity contribution in [1.29, 1.82) is 0 Å². The quantitative estimate of drug-likeness (QED) is 0.505. The molecule has 0 aliphatic heterocycles. The van der Waals surface area contributed by atoms with Crippen molar-refractivity contribution in [2.45, 2.75) is 25.9 Å². The fourth-order valence-corrected chi connectivity index (χ4v) is 2.11. The summed E-state index contributed by atoms with van der Waals surface area (Å²) in [6, 6.07) is 9.03. The molecule has 1 radical (unpaired) electrons. The molecule has 1 rings (SSSR count). The Hall–Kier alpha value is -0.823. The van der Waals surface area contributed by atoms with Gasteiger partial charge in [0.2, 0.25) is 0 Å². The maximum Gasteiger partial charge on any atom is 0.0791 e. The maximum absolute atomic E-state index is 3.73. The van der Waals surface area contributed by atoms with Crippen LogP contribution in [0.3, 0.4) is 0 Å². The van der Waals surface area contributed by atoms with Crippen molar-refractivity contribution in [1.82, 2.24) is 0 Å². The summed E-state index contributed by atoms with van der Waals surface area (Å²) in [7, 11) is -0.269. The molecule has 0 saturated carbocycles. The second-order valence-corrected chi connectivity index (χ2v) is 6.10. The van der Waals surface area contributed by atoms with Gasteiger partial charge in [-0.3, -0.25) is 0 Å². The zero-order valence-electron chi connectivity index (χ0n) is 8.51. The summed E-state index contributed by atoms with van der Waals surface area (Å²) in [4.78, 5) is 0. The van der Waals surface area contributed by atoms with Gasteiger partial charge >= 0.3 is 0 Å². The van der Waals surface area contributed by atoms with Gasteiger partial charge in [0, 0.05) is 0 Å². The number of rotatable bonds is 4. The summed E-state index contributed by atoms with van der Waals surface area (Å²) < 4.78 is 0. The topological polar surface area (TPSA) is 0 Å². The lowest BCUT2D eigenvalue weighted by Gasteiger charge is -2.04. The summed E-state index contributed by atoms with van der Waals surface area (Å²) in [6.45, 7) is 8.37. The van der Waals surface area contributed by atoms with E-state index in [2.05, 4.69) is 43.9 Å². The van der Waals surface area contributed by atoms with Crippen LogP contribution in [-0.4, -0.2) is 8.80 Å². The highest BCUT2D eigenvalue weighted by molar-refractivity contribution is 6.70. The van der Waals surface area contributed by atoms with Gasteiger partial charge in [0.05, 0.1) is 8.80 Å². The first kappa shape index (κ1) is 10.3. The minimum atomic E-state index is -0.269. The van der Waals surface area contributed by atoms with Crippen LogP contribution in [0.1, 0.15) is 12.0 Å². The van der Waals surface area contributed by atoms with Crippen molar-refractivity contribution in [3.8, 4) is 0 Å². The van der Waals surface area contributed by atoms with Crippen molar-refractivity contribution >= 4 is 14.0 Å². The highest BCUT2D eigenvalue weighted by Crippen LogP contribution is 2.02. The number of hydrogen-bond acceptors (Lipinski definition) is 0. The van der Waals surface area contributed by atoms with E-state index in [0.717, 1.165) is 12.8 Å². The molecule has 13 heavy (non-hydrogen) atoms. The lowest BCUT2D eigenvalue weighted by Crippen LogP contribution is -2.21. The molecule has 0 aliphatic carbocycles. The predicted molar refractivity (Wildman–Crippen MR) is 62.1 cm³/mol. The maximum atomic E-state index is 3.73. The molecule has 0 aromatic heterocycles. The molecule has 0 saturated heterocycles. The number of benzene rings is 1. The SMILES string of the molecule is C=CCCc1ccc([Si](C)C)cc1. The van der Waals surface area contributed by atoms with Crippen molar-refractivity contribution in [2.75, 3.05) is 0 Å². The Balaban J connectivity index is 2.64. The Labute approximate surface area is 82.9 Å². The number of allylic oxidation sites excluding steroid dienone is 1. The van der Waals surface area contributed by atoms with Gasteiger partial charge in [-0.25, -0.2) is 0 Å². The largest absolute Gasteiger partial charge is 0.103 e. The first-order valence-electron chi connectivity index (χ1n) is 4.74. The van der Waals surface area contributed by atoms with Crippen molar-refractivity contribution in [3.05, 3.63) is 42.5 Å². The van der Waals surface area contributed by atoms with Gasteiger partial charge in [0.1, 0.15) is 0 Å². The van der Waals surface area contributed by atoms with Gasteiger partial charge in [-0.1, -0.05) is 48.6 Å². The lowest BCUT2D eigenvalue weighted by molar-refractivity contribution is 1.01. The van der Waals surface area contributed by atoms with Crippen molar-refractivity contribution in [3.63, 3.8) is 0 Å². The minimum absolute atomic E-state index is 0.269. The highest BCUT2D eigenvalue weighted by Gasteiger charge is 1.99. The monoisotopic (exact) mass is 189 g/mol. The number of aryl methyl sites for hydroxylation is 1. The average molecular weight is 189 g/mol. The Bertz CT molecular complexity index is 259. The molecule has 0 bridgehead atoms. The fourth-order valence-electron chi connectivity index (χ4n) is 1.27. The normalized spacial score (nSPS) is 10.4. The van der Waals surface area contributed by atoms with E-state index in [0.29, 0.717) is 0 Å². The third-order valence-electron chi connectivity index (χ3n) is 2.17. The molecule has 0 spiro atoms. The van der Waals surface area contributed by atoms with Gasteiger partial charge in [-0.15, -0.1) is 6.58 Å². The van der Waals surface area contributed by atoms with E-state index >= 15 is 0 Å². The molecular weight excluding hydrogens is 172 g/mol. The van der Waals surface area contributed by atoms with Gasteiger partial charge < -0.3 is 0 Å². The molecule has 1 aromatic carbocycles. The van der Waals surface area contributed by atoms with E-state index in [1.807, 2.05) is 6.08 Å². The first-order chi connectivity index (χ1) is 6.24. The van der Waals surface area contributed by atoms with Crippen LogP contribution in [0.15, 0.2) is 36.9 Å². The summed E-state index contributed by atoms with van der Waals surface area (Å²) in [5.74, 6) is 0. The van der Waals surface area contributed by atoms with E-state index in [1.165, 1.54) is 10.8 Å². The molecule has 0 atom stereocenters. The van der Waals surface area contributed by atoms with E-state index in [4.69, 9.17) is 0 Å². The molecule has 0 heterocycles. The van der Waals surface area contributed by atoms with Crippen LogP contribution in [0.5, 0.6) is 0 Å². The molecule has 0 amide bonds. The predicted octanol–water partition coefficient (Wildman–Crippen LogP) is 2.77. The van der Waals surface area contributed by atoms with E-state index in [1.54, 1.807) is 0 Å². The summed E-state index contributed by atoms with van der Waals surface area (Å²) in [5, 5.41) is 1.52. The van der Waals surface area contributed by atoms with Gasteiger partial charge in [-0.05, 0) is 18.4 Å². The third-order valence-corrected chi connectivity index (χ3v) is 3.66. The van der Waals surface area contributed by atoms with Crippen LogP contribution < -0.4 is 5.19 Å². The van der Waals surface area contributed by atoms with Crippen molar-refractivity contribution < 1.29 is 0 Å². The highest BCUT2D eigenvalue weighted by atomic mass is 28.3. The second kappa shape index (κ2) is 5.03. The molecule has 0 aliphatic rings. The smallest absolute Gasteiger partial charge is 0.0791 e. The molecule has 1 heteroatoms. The fraction of sp³-hybridized carbons (Fsp3) is 0.333. The van der Waals surface area contributed by atoms with Crippen LogP contribution in [0, 0.1) is 0 Å². The third kappa shape index (κ3) is 3.19. The van der Waals surface area contributed by atoms with Crippen LogP contribution in [-0.2, 0) is 6.42 Å². The summed E-state index contributed by atoms with van der Waals surface area (Å²) in [6.07, 6.45) is 4.18. The zero-order chi connectivity index (χ0) is 9.68. The Morgan fingerprint density at radius 1 is 1.23 bits per heavy atom. The van der Waals surface area contributed by atoms with Gasteiger partial charge in [-0.2, -0.15) is 0 Å². The van der Waals surface area contributed by atoms with Crippen LogP contribution >= 0.6 is 0 Å².